The van der Waals surface area contributed by atoms with Crippen LogP contribution in [0.15, 0.2) is 60.7 Å². The van der Waals surface area contributed by atoms with Gasteiger partial charge in [-0.3, -0.25) is 0 Å². The number of anilines is 1. The summed E-state index contributed by atoms with van der Waals surface area (Å²) in [5.41, 5.74) is 9.90. The smallest absolute Gasteiger partial charge is 0.221 e. The number of halogens is 1. The highest BCUT2D eigenvalue weighted by Crippen LogP contribution is 2.24. The minimum Gasteiger partial charge on any atom is -0.410 e. The van der Waals surface area contributed by atoms with Crippen LogP contribution in [0, 0.1) is 0 Å². The molecule has 0 saturated carbocycles. The van der Waals surface area contributed by atoms with Crippen molar-refractivity contribution in [3.8, 4) is 16.9 Å². The fraction of sp³-hybridized carbons (Fsp3) is 0.318. The molecule has 2 aromatic carbocycles. The lowest BCUT2D eigenvalue weighted by Gasteiger charge is -2.26. The van der Waals surface area contributed by atoms with E-state index in [-0.39, 0.29) is 0 Å². The molecule has 148 valence electrons. The van der Waals surface area contributed by atoms with E-state index in [1.807, 2.05) is 80.7 Å². The second kappa shape index (κ2) is 8.71. The molecule has 0 saturated heterocycles. The Morgan fingerprint density at radius 2 is 1.86 bits per heavy atom. The first-order valence-corrected chi connectivity index (χ1v) is 12.7. The van der Waals surface area contributed by atoms with E-state index < -0.39 is 14.1 Å². The summed E-state index contributed by atoms with van der Waals surface area (Å²) in [7, 11) is -2.37. The van der Waals surface area contributed by atoms with Gasteiger partial charge in [-0.25, -0.2) is 9.07 Å². The predicted octanol–water partition coefficient (Wildman–Crippen LogP) is 5.52. The van der Waals surface area contributed by atoms with Crippen LogP contribution in [0.3, 0.4) is 0 Å². The van der Waals surface area contributed by atoms with Crippen molar-refractivity contribution < 1.29 is 8.82 Å². The first-order chi connectivity index (χ1) is 13.4. The number of hydrogen-bond donors (Lipinski definition) is 1. The van der Waals surface area contributed by atoms with E-state index in [1.54, 1.807) is 4.68 Å². The van der Waals surface area contributed by atoms with Gasteiger partial charge in [-0.2, -0.15) is 5.10 Å². The molecule has 3 rings (SSSR count). The maximum absolute atomic E-state index is 14.4. The molecule has 1 heterocycles. The van der Waals surface area contributed by atoms with E-state index in [1.165, 1.54) is 0 Å². The van der Waals surface area contributed by atoms with Gasteiger partial charge in [-0.15, -0.1) is 0 Å². The molecule has 0 aliphatic rings. The van der Waals surface area contributed by atoms with Crippen molar-refractivity contribution in [3.05, 3.63) is 66.2 Å². The zero-order valence-electron chi connectivity index (χ0n) is 16.7. The summed E-state index contributed by atoms with van der Waals surface area (Å²) in [5, 5.41) is 4.65. The standard InChI is InChI=1S/C22H28FN3OSi/c1-4-9-21(23)28(2,3)27-16-17-10-8-13-19(14-17)26-22(24)15-20(25-26)18-11-6-5-7-12-18/h5-8,10-15,21H,4,9,16,24H2,1-3H3. The molecule has 0 fully saturated rings. The summed E-state index contributed by atoms with van der Waals surface area (Å²) in [4.78, 5) is 0. The molecule has 3 aromatic rings. The summed E-state index contributed by atoms with van der Waals surface area (Å²) >= 11 is 0. The predicted molar refractivity (Wildman–Crippen MR) is 115 cm³/mol. The van der Waals surface area contributed by atoms with Gasteiger partial charge in [0.25, 0.3) is 0 Å². The van der Waals surface area contributed by atoms with Gasteiger partial charge in [0, 0.05) is 11.6 Å². The first-order valence-electron chi connectivity index (χ1n) is 9.69. The summed E-state index contributed by atoms with van der Waals surface area (Å²) in [6.45, 7) is 6.27. The minimum atomic E-state index is -2.37. The molecule has 0 bridgehead atoms. The second-order valence-corrected chi connectivity index (χ2v) is 11.7. The van der Waals surface area contributed by atoms with Crippen molar-refractivity contribution in [2.24, 2.45) is 0 Å². The van der Waals surface area contributed by atoms with Gasteiger partial charge in [0.1, 0.15) is 11.6 Å². The van der Waals surface area contributed by atoms with E-state index in [0.717, 1.165) is 28.9 Å². The largest absolute Gasteiger partial charge is 0.410 e. The van der Waals surface area contributed by atoms with Crippen LogP contribution >= 0.6 is 0 Å². The van der Waals surface area contributed by atoms with Gasteiger partial charge < -0.3 is 10.2 Å². The molecule has 1 aromatic heterocycles. The second-order valence-electron chi connectivity index (χ2n) is 7.55. The van der Waals surface area contributed by atoms with Crippen molar-refractivity contribution in [3.63, 3.8) is 0 Å². The molecule has 2 N–H and O–H groups in total. The first kappa shape index (κ1) is 20.3. The Morgan fingerprint density at radius 3 is 2.57 bits per heavy atom. The molecule has 6 heteroatoms. The molecule has 0 spiro atoms. The van der Waals surface area contributed by atoms with E-state index in [0.29, 0.717) is 18.8 Å². The average Bonchev–Trinajstić information content (AvgIpc) is 3.09. The Hall–Kier alpha value is -2.44. The van der Waals surface area contributed by atoms with Crippen molar-refractivity contribution in [2.75, 3.05) is 5.73 Å². The van der Waals surface area contributed by atoms with Crippen LogP contribution in [-0.2, 0) is 11.0 Å². The average molecular weight is 398 g/mol. The monoisotopic (exact) mass is 397 g/mol. The summed E-state index contributed by atoms with van der Waals surface area (Å²) in [6, 6.07) is 19.7. The molecule has 0 aliphatic carbocycles. The van der Waals surface area contributed by atoms with Crippen LogP contribution in [0.25, 0.3) is 16.9 Å². The lowest BCUT2D eigenvalue weighted by molar-refractivity contribution is 0.251. The number of benzene rings is 2. The fourth-order valence-corrected chi connectivity index (χ4v) is 4.79. The Labute approximate surface area is 167 Å². The van der Waals surface area contributed by atoms with Crippen LogP contribution in [0.2, 0.25) is 13.1 Å². The lowest BCUT2D eigenvalue weighted by Crippen LogP contribution is -2.42. The summed E-state index contributed by atoms with van der Waals surface area (Å²) in [5.74, 6) is -0.283. The number of rotatable bonds is 8. The highest BCUT2D eigenvalue weighted by Gasteiger charge is 2.33. The lowest BCUT2D eigenvalue weighted by atomic mass is 10.2. The highest BCUT2D eigenvalue weighted by molar-refractivity contribution is 6.72. The van der Waals surface area contributed by atoms with Gasteiger partial charge in [-0.05, 0) is 37.2 Å². The molecule has 0 aliphatic heterocycles. The van der Waals surface area contributed by atoms with E-state index in [9.17, 15) is 4.39 Å². The Bertz CT molecular complexity index is 911. The molecular formula is C22H28FN3OSi. The molecular weight excluding hydrogens is 369 g/mol. The zero-order valence-corrected chi connectivity index (χ0v) is 17.7. The summed E-state index contributed by atoms with van der Waals surface area (Å²) < 4.78 is 22.1. The van der Waals surface area contributed by atoms with Gasteiger partial charge in [0.15, 0.2) is 0 Å². The van der Waals surface area contributed by atoms with E-state index in [4.69, 9.17) is 10.2 Å². The normalized spacial score (nSPS) is 12.9. The van der Waals surface area contributed by atoms with Crippen LogP contribution < -0.4 is 5.73 Å². The third-order valence-electron chi connectivity index (χ3n) is 4.87. The maximum Gasteiger partial charge on any atom is 0.221 e. The highest BCUT2D eigenvalue weighted by atomic mass is 28.4. The van der Waals surface area contributed by atoms with Crippen molar-refractivity contribution in [1.29, 1.82) is 0 Å². The molecule has 0 amide bonds. The molecule has 4 nitrogen and oxygen atoms in total. The van der Waals surface area contributed by atoms with Gasteiger partial charge in [0.05, 0.1) is 18.0 Å². The Morgan fingerprint density at radius 1 is 1.11 bits per heavy atom. The van der Waals surface area contributed by atoms with Crippen molar-refractivity contribution in [2.45, 2.75) is 45.3 Å². The van der Waals surface area contributed by atoms with Crippen molar-refractivity contribution >= 4 is 14.1 Å². The molecule has 1 atom stereocenters. The van der Waals surface area contributed by atoms with E-state index in [2.05, 4.69) is 5.10 Å². The minimum absolute atomic E-state index is 0.393. The Balaban J connectivity index is 1.78. The van der Waals surface area contributed by atoms with Crippen LogP contribution in [0.4, 0.5) is 10.2 Å². The number of nitrogen functional groups attached to an aromatic ring is 1. The number of hydrogen-bond acceptors (Lipinski definition) is 3. The van der Waals surface area contributed by atoms with Gasteiger partial charge in [-0.1, -0.05) is 55.8 Å². The quantitative estimate of drug-likeness (QED) is 0.509. The van der Waals surface area contributed by atoms with Crippen LogP contribution in [-0.4, -0.2) is 23.9 Å². The third kappa shape index (κ3) is 4.69. The van der Waals surface area contributed by atoms with Gasteiger partial charge >= 0.3 is 0 Å². The van der Waals surface area contributed by atoms with Crippen molar-refractivity contribution in [1.82, 2.24) is 9.78 Å². The maximum atomic E-state index is 14.4. The molecule has 28 heavy (non-hydrogen) atoms. The Kier molecular flexibility index (Phi) is 6.31. The third-order valence-corrected chi connectivity index (χ3v) is 7.55. The number of alkyl halides is 1. The van der Waals surface area contributed by atoms with Crippen LogP contribution in [0.1, 0.15) is 25.3 Å². The topological polar surface area (TPSA) is 53.1 Å². The number of aromatic nitrogens is 2. The zero-order chi connectivity index (χ0) is 20.1. The summed E-state index contributed by atoms with van der Waals surface area (Å²) in [6.07, 6.45) is 1.39. The SMILES string of the molecule is CCCC(F)[Si](C)(C)OCc1cccc(-n2nc(-c3ccccc3)cc2N)c1. The van der Waals surface area contributed by atoms with Gasteiger partial charge in [0.2, 0.25) is 8.32 Å². The van der Waals surface area contributed by atoms with E-state index >= 15 is 0 Å². The number of nitrogens with two attached hydrogens (primary N) is 1. The fourth-order valence-electron chi connectivity index (χ4n) is 3.09. The molecule has 1 unspecified atom stereocenters. The number of nitrogens with zero attached hydrogens (tertiary/aromatic N) is 2. The molecule has 0 radical (unpaired) electrons. The van der Waals surface area contributed by atoms with Crippen LogP contribution in [0.5, 0.6) is 0 Å².